The maximum atomic E-state index is 11.5. The summed E-state index contributed by atoms with van der Waals surface area (Å²) in [5.41, 5.74) is 1.72. The molecule has 2 rings (SSSR count). The molecule has 3 N–H and O–H groups in total. The van der Waals surface area contributed by atoms with Crippen molar-refractivity contribution in [3.05, 3.63) is 29.8 Å². The van der Waals surface area contributed by atoms with Crippen LogP contribution in [0.3, 0.4) is 0 Å². The van der Waals surface area contributed by atoms with E-state index in [2.05, 4.69) is 10.6 Å². The van der Waals surface area contributed by atoms with Crippen LogP contribution >= 0.6 is 0 Å². The standard InChI is InChI=1S/C15H21N3O3/c1-18(2)12-7-3-10(4-8-12)13(19)9-16-14(20)15(21)17-11-5-6-11/h3-4,7-8,11,13,19H,5-6,9H2,1-2H3,(H,16,20)(H,17,21)/t13-/m1/s1. The number of nitrogens with zero attached hydrogens (tertiary/aromatic N) is 1. The van der Waals surface area contributed by atoms with Crippen molar-refractivity contribution < 1.29 is 14.7 Å². The Labute approximate surface area is 124 Å². The molecule has 6 heteroatoms. The molecule has 114 valence electrons. The highest BCUT2D eigenvalue weighted by Crippen LogP contribution is 2.18. The summed E-state index contributed by atoms with van der Waals surface area (Å²) in [7, 11) is 3.87. The monoisotopic (exact) mass is 291 g/mol. The number of benzene rings is 1. The van der Waals surface area contributed by atoms with E-state index in [0.29, 0.717) is 5.56 Å². The van der Waals surface area contributed by atoms with Gasteiger partial charge in [0.2, 0.25) is 0 Å². The van der Waals surface area contributed by atoms with Crippen LogP contribution in [0.2, 0.25) is 0 Å². The fraction of sp³-hybridized carbons (Fsp3) is 0.467. The van der Waals surface area contributed by atoms with Gasteiger partial charge >= 0.3 is 11.8 Å². The van der Waals surface area contributed by atoms with E-state index < -0.39 is 17.9 Å². The van der Waals surface area contributed by atoms with E-state index in [1.54, 1.807) is 12.1 Å². The number of rotatable bonds is 5. The van der Waals surface area contributed by atoms with Crippen LogP contribution < -0.4 is 15.5 Å². The molecular formula is C15H21N3O3. The summed E-state index contributed by atoms with van der Waals surface area (Å²) in [6.07, 6.45) is 1.03. The second-order valence-electron chi connectivity index (χ2n) is 5.46. The third-order valence-corrected chi connectivity index (χ3v) is 3.37. The zero-order chi connectivity index (χ0) is 15.4. The van der Waals surface area contributed by atoms with Crippen molar-refractivity contribution in [2.24, 2.45) is 0 Å². The highest BCUT2D eigenvalue weighted by Gasteiger charge is 2.26. The van der Waals surface area contributed by atoms with Crippen LogP contribution in [0.4, 0.5) is 5.69 Å². The lowest BCUT2D eigenvalue weighted by Gasteiger charge is -2.15. The van der Waals surface area contributed by atoms with Gasteiger partial charge in [-0.2, -0.15) is 0 Å². The van der Waals surface area contributed by atoms with Gasteiger partial charge < -0.3 is 20.6 Å². The van der Waals surface area contributed by atoms with Crippen molar-refractivity contribution in [3.8, 4) is 0 Å². The largest absolute Gasteiger partial charge is 0.387 e. The van der Waals surface area contributed by atoms with E-state index in [4.69, 9.17) is 0 Å². The molecule has 0 unspecified atom stereocenters. The highest BCUT2D eigenvalue weighted by atomic mass is 16.3. The normalized spacial score (nSPS) is 15.2. The van der Waals surface area contributed by atoms with Gasteiger partial charge in [-0.3, -0.25) is 9.59 Å². The molecule has 1 saturated carbocycles. The third kappa shape index (κ3) is 4.46. The predicted octanol–water partition coefficient (Wildman–Crippen LogP) is 0.181. The molecule has 0 aliphatic heterocycles. The van der Waals surface area contributed by atoms with Crippen molar-refractivity contribution in [2.45, 2.75) is 25.0 Å². The van der Waals surface area contributed by atoms with E-state index in [-0.39, 0.29) is 12.6 Å². The highest BCUT2D eigenvalue weighted by molar-refractivity contribution is 6.35. The lowest BCUT2D eigenvalue weighted by Crippen LogP contribution is -2.42. The van der Waals surface area contributed by atoms with E-state index in [9.17, 15) is 14.7 Å². The molecule has 21 heavy (non-hydrogen) atoms. The summed E-state index contributed by atoms with van der Waals surface area (Å²) in [6.45, 7) is 0.0121. The van der Waals surface area contributed by atoms with Crippen LogP contribution in [0.5, 0.6) is 0 Å². The third-order valence-electron chi connectivity index (χ3n) is 3.37. The van der Waals surface area contributed by atoms with Gasteiger partial charge in [-0.25, -0.2) is 0 Å². The minimum atomic E-state index is -0.834. The molecule has 0 saturated heterocycles. The van der Waals surface area contributed by atoms with Gasteiger partial charge in [0.1, 0.15) is 0 Å². The van der Waals surface area contributed by atoms with E-state index in [1.165, 1.54) is 0 Å². The van der Waals surface area contributed by atoms with Gasteiger partial charge in [0.15, 0.2) is 0 Å². The lowest BCUT2D eigenvalue weighted by atomic mass is 10.1. The summed E-state index contributed by atoms with van der Waals surface area (Å²) in [5, 5.41) is 15.1. The molecule has 6 nitrogen and oxygen atoms in total. The van der Waals surface area contributed by atoms with Crippen molar-refractivity contribution in [2.75, 3.05) is 25.5 Å². The molecule has 1 aromatic rings. The van der Waals surface area contributed by atoms with Crippen LogP contribution in [0.15, 0.2) is 24.3 Å². The van der Waals surface area contributed by atoms with Crippen LogP contribution in [0, 0.1) is 0 Å². The average molecular weight is 291 g/mol. The maximum absolute atomic E-state index is 11.5. The number of carbonyl (C=O) groups is 2. The summed E-state index contributed by atoms with van der Waals surface area (Å²) in [4.78, 5) is 25.0. The Morgan fingerprint density at radius 2 is 1.86 bits per heavy atom. The molecule has 0 bridgehead atoms. The first-order valence-corrected chi connectivity index (χ1v) is 7.01. The molecule has 2 amide bonds. The molecule has 1 aliphatic carbocycles. The Hall–Kier alpha value is -2.08. The second kappa shape index (κ2) is 6.58. The predicted molar refractivity (Wildman–Crippen MR) is 79.9 cm³/mol. The Kier molecular flexibility index (Phi) is 4.80. The first-order chi connectivity index (χ1) is 9.97. The number of aliphatic hydroxyl groups is 1. The van der Waals surface area contributed by atoms with Crippen LogP contribution in [-0.2, 0) is 9.59 Å². The molecule has 0 radical (unpaired) electrons. The van der Waals surface area contributed by atoms with Crippen LogP contribution in [0.1, 0.15) is 24.5 Å². The molecule has 1 atom stereocenters. The average Bonchev–Trinajstić information content (AvgIpc) is 3.28. The van der Waals surface area contributed by atoms with Gasteiger partial charge in [-0.05, 0) is 30.5 Å². The van der Waals surface area contributed by atoms with Crippen LogP contribution in [0.25, 0.3) is 0 Å². The van der Waals surface area contributed by atoms with Crippen LogP contribution in [-0.4, -0.2) is 43.6 Å². The number of amides is 2. The van der Waals surface area contributed by atoms with Gasteiger partial charge in [-0.1, -0.05) is 12.1 Å². The topological polar surface area (TPSA) is 81.7 Å². The summed E-state index contributed by atoms with van der Waals surface area (Å²) in [6, 6.07) is 7.53. The first kappa shape index (κ1) is 15.3. The van der Waals surface area contributed by atoms with Crippen molar-refractivity contribution in [3.63, 3.8) is 0 Å². The SMILES string of the molecule is CN(C)c1ccc([C@H](O)CNC(=O)C(=O)NC2CC2)cc1. The Morgan fingerprint density at radius 1 is 1.24 bits per heavy atom. The Balaban J connectivity index is 1.81. The number of aliphatic hydroxyl groups excluding tert-OH is 1. The number of carbonyl (C=O) groups excluding carboxylic acids is 2. The Bertz CT molecular complexity index is 509. The number of anilines is 1. The Morgan fingerprint density at radius 3 is 2.38 bits per heavy atom. The van der Waals surface area contributed by atoms with Crippen molar-refractivity contribution >= 4 is 17.5 Å². The lowest BCUT2D eigenvalue weighted by molar-refractivity contribution is -0.139. The molecule has 1 aliphatic rings. The first-order valence-electron chi connectivity index (χ1n) is 7.01. The van der Waals surface area contributed by atoms with Gasteiger partial charge in [0, 0.05) is 32.4 Å². The van der Waals surface area contributed by atoms with E-state index in [0.717, 1.165) is 18.5 Å². The summed E-state index contributed by atoms with van der Waals surface area (Å²) >= 11 is 0. The van der Waals surface area contributed by atoms with E-state index in [1.807, 2.05) is 31.1 Å². The van der Waals surface area contributed by atoms with Crippen molar-refractivity contribution in [1.29, 1.82) is 0 Å². The molecule has 0 spiro atoms. The second-order valence-corrected chi connectivity index (χ2v) is 5.46. The zero-order valence-corrected chi connectivity index (χ0v) is 12.3. The number of nitrogens with one attached hydrogen (secondary N) is 2. The minimum Gasteiger partial charge on any atom is -0.387 e. The van der Waals surface area contributed by atoms with E-state index >= 15 is 0 Å². The molecule has 0 aromatic heterocycles. The molecule has 1 fully saturated rings. The maximum Gasteiger partial charge on any atom is 0.309 e. The quantitative estimate of drug-likeness (QED) is 0.676. The molecule has 1 aromatic carbocycles. The minimum absolute atomic E-state index is 0.0121. The van der Waals surface area contributed by atoms with Gasteiger partial charge in [0.25, 0.3) is 0 Å². The number of hydrogen-bond acceptors (Lipinski definition) is 4. The zero-order valence-electron chi connectivity index (χ0n) is 12.3. The van der Waals surface area contributed by atoms with Gasteiger partial charge in [0.05, 0.1) is 6.10 Å². The fourth-order valence-corrected chi connectivity index (χ4v) is 1.86. The number of hydrogen-bond donors (Lipinski definition) is 3. The molecule has 0 heterocycles. The van der Waals surface area contributed by atoms with Crippen molar-refractivity contribution in [1.82, 2.24) is 10.6 Å². The summed E-state index contributed by atoms with van der Waals surface area (Å²) in [5.74, 6) is -1.33. The van der Waals surface area contributed by atoms with Gasteiger partial charge in [-0.15, -0.1) is 0 Å². The smallest absolute Gasteiger partial charge is 0.309 e. The molecular weight excluding hydrogens is 270 g/mol. The fourth-order valence-electron chi connectivity index (χ4n) is 1.86. The summed E-state index contributed by atoms with van der Waals surface area (Å²) < 4.78 is 0.